The number of ether oxygens (including phenoxy) is 2. The van der Waals surface area contributed by atoms with Crippen molar-refractivity contribution in [3.63, 3.8) is 0 Å². The molecule has 4 heterocycles. The van der Waals surface area contributed by atoms with Crippen molar-refractivity contribution in [1.82, 2.24) is 24.8 Å². The predicted octanol–water partition coefficient (Wildman–Crippen LogP) is 4.56. The van der Waals surface area contributed by atoms with Crippen LogP contribution in [0, 0.1) is 12.8 Å². The third kappa shape index (κ3) is 4.56. The first-order chi connectivity index (χ1) is 16.1. The van der Waals surface area contributed by atoms with Gasteiger partial charge in [0.25, 0.3) is 0 Å². The maximum atomic E-state index is 5.86. The SMILES string of the molecule is Cc1ncnc2c1nc(Sc1cc3c(cc1-c1ccco1)OCCO3)n2CCNCC(C)C. The Hall–Kier alpha value is -3.04. The van der Waals surface area contributed by atoms with Crippen molar-refractivity contribution in [3.8, 4) is 22.8 Å². The zero-order valence-electron chi connectivity index (χ0n) is 19.0. The Labute approximate surface area is 196 Å². The Kier molecular flexibility index (Phi) is 6.24. The zero-order chi connectivity index (χ0) is 22.8. The Morgan fingerprint density at radius 2 is 1.97 bits per heavy atom. The molecule has 1 aromatic carbocycles. The Morgan fingerprint density at radius 1 is 1.15 bits per heavy atom. The summed E-state index contributed by atoms with van der Waals surface area (Å²) in [6.45, 7) is 9.99. The summed E-state index contributed by atoms with van der Waals surface area (Å²) in [5.74, 6) is 2.82. The van der Waals surface area contributed by atoms with Gasteiger partial charge >= 0.3 is 0 Å². The van der Waals surface area contributed by atoms with E-state index in [4.69, 9.17) is 18.9 Å². The lowest BCUT2D eigenvalue weighted by atomic mass is 10.1. The standard InChI is InChI=1S/C24H27N5O3S/c1-15(2)13-25-6-7-29-23-22(16(3)26-14-27-23)28-24(29)33-21-12-20-19(31-9-10-32-20)11-17(21)18-5-4-8-30-18/h4-5,8,11-12,14-15,25H,6-7,9-10,13H2,1-3H3. The molecule has 0 spiro atoms. The number of aryl methyl sites for hydroxylation is 1. The van der Waals surface area contributed by atoms with Gasteiger partial charge in [-0.3, -0.25) is 0 Å². The van der Waals surface area contributed by atoms with Crippen LogP contribution in [0.5, 0.6) is 11.5 Å². The Balaban J connectivity index is 1.55. The van der Waals surface area contributed by atoms with Crippen molar-refractivity contribution in [2.24, 2.45) is 5.92 Å². The van der Waals surface area contributed by atoms with E-state index in [1.54, 1.807) is 24.4 Å². The lowest BCUT2D eigenvalue weighted by Gasteiger charge is -2.20. The highest BCUT2D eigenvalue weighted by Crippen LogP contribution is 2.44. The fourth-order valence-electron chi connectivity index (χ4n) is 3.77. The molecular weight excluding hydrogens is 438 g/mol. The van der Waals surface area contributed by atoms with Crippen LogP contribution < -0.4 is 14.8 Å². The van der Waals surface area contributed by atoms with Crippen molar-refractivity contribution in [2.75, 3.05) is 26.3 Å². The summed E-state index contributed by atoms with van der Waals surface area (Å²) in [6, 6.07) is 7.83. The average Bonchev–Trinajstić information content (AvgIpc) is 3.45. The van der Waals surface area contributed by atoms with E-state index in [2.05, 4.69) is 33.7 Å². The Morgan fingerprint density at radius 3 is 2.73 bits per heavy atom. The molecule has 0 atom stereocenters. The van der Waals surface area contributed by atoms with E-state index in [0.29, 0.717) is 19.1 Å². The van der Waals surface area contributed by atoms with Crippen LogP contribution in [-0.4, -0.2) is 45.8 Å². The smallest absolute Gasteiger partial charge is 0.175 e. The van der Waals surface area contributed by atoms with Crippen LogP contribution in [0.2, 0.25) is 0 Å². The number of nitrogens with zero attached hydrogens (tertiary/aromatic N) is 4. The largest absolute Gasteiger partial charge is 0.486 e. The minimum atomic E-state index is 0.534. The molecule has 0 bridgehead atoms. The van der Waals surface area contributed by atoms with E-state index >= 15 is 0 Å². The first-order valence-corrected chi connectivity index (χ1v) is 12.0. The maximum absolute atomic E-state index is 5.86. The molecular formula is C24H27N5O3S. The van der Waals surface area contributed by atoms with Crippen LogP contribution in [0.15, 0.2) is 51.3 Å². The quantitative estimate of drug-likeness (QED) is 0.379. The minimum absolute atomic E-state index is 0.534. The monoisotopic (exact) mass is 465 g/mol. The summed E-state index contributed by atoms with van der Waals surface area (Å²) in [7, 11) is 0. The van der Waals surface area contributed by atoms with Gasteiger partial charge in [-0.15, -0.1) is 0 Å². The van der Waals surface area contributed by atoms with Crippen LogP contribution in [0.4, 0.5) is 0 Å². The first-order valence-electron chi connectivity index (χ1n) is 11.1. The van der Waals surface area contributed by atoms with Gasteiger partial charge in [-0.1, -0.05) is 25.6 Å². The van der Waals surface area contributed by atoms with Crippen molar-refractivity contribution >= 4 is 22.9 Å². The summed E-state index contributed by atoms with van der Waals surface area (Å²) in [4.78, 5) is 14.8. The predicted molar refractivity (Wildman–Crippen MR) is 127 cm³/mol. The highest BCUT2D eigenvalue weighted by atomic mass is 32.2. The van der Waals surface area contributed by atoms with Crippen LogP contribution >= 0.6 is 11.8 Å². The van der Waals surface area contributed by atoms with E-state index in [-0.39, 0.29) is 0 Å². The fourth-order valence-corrected chi connectivity index (χ4v) is 4.82. The molecule has 1 aliphatic heterocycles. The molecule has 1 N–H and O–H groups in total. The molecule has 0 unspecified atom stereocenters. The highest BCUT2D eigenvalue weighted by Gasteiger charge is 2.22. The fraction of sp³-hybridized carbons (Fsp3) is 0.375. The van der Waals surface area contributed by atoms with E-state index in [1.165, 1.54) is 0 Å². The number of rotatable bonds is 8. The van der Waals surface area contributed by atoms with Gasteiger partial charge < -0.3 is 23.8 Å². The van der Waals surface area contributed by atoms with Gasteiger partial charge in [0.05, 0.1) is 12.0 Å². The number of nitrogens with one attached hydrogen (secondary N) is 1. The lowest BCUT2D eigenvalue weighted by Crippen LogP contribution is -2.24. The van der Waals surface area contributed by atoms with Crippen molar-refractivity contribution in [2.45, 2.75) is 37.4 Å². The number of furan rings is 1. The van der Waals surface area contributed by atoms with Crippen LogP contribution in [0.25, 0.3) is 22.5 Å². The van der Waals surface area contributed by atoms with Gasteiger partial charge in [0, 0.05) is 23.5 Å². The number of aromatic nitrogens is 4. The molecule has 33 heavy (non-hydrogen) atoms. The molecule has 0 saturated carbocycles. The molecule has 0 aliphatic carbocycles. The summed E-state index contributed by atoms with van der Waals surface area (Å²) in [5.41, 5.74) is 3.46. The molecule has 1 aliphatic rings. The minimum Gasteiger partial charge on any atom is -0.486 e. The van der Waals surface area contributed by atoms with E-state index in [0.717, 1.165) is 69.4 Å². The van der Waals surface area contributed by atoms with Gasteiger partial charge in [0.2, 0.25) is 0 Å². The Bertz CT molecular complexity index is 1250. The van der Waals surface area contributed by atoms with Gasteiger partial charge in [-0.05, 0) is 43.7 Å². The number of hydrogen-bond acceptors (Lipinski definition) is 8. The summed E-state index contributed by atoms with van der Waals surface area (Å²) < 4.78 is 19.6. The van der Waals surface area contributed by atoms with Crippen LogP contribution in [0.3, 0.4) is 0 Å². The number of fused-ring (bicyclic) bond motifs is 2. The van der Waals surface area contributed by atoms with Crippen molar-refractivity contribution < 1.29 is 13.9 Å². The zero-order valence-corrected chi connectivity index (χ0v) is 19.8. The number of imidazole rings is 1. The molecule has 172 valence electrons. The summed E-state index contributed by atoms with van der Waals surface area (Å²) in [6.07, 6.45) is 3.28. The second kappa shape index (κ2) is 9.44. The number of benzene rings is 1. The molecule has 0 saturated heterocycles. The summed E-state index contributed by atoms with van der Waals surface area (Å²) >= 11 is 1.57. The van der Waals surface area contributed by atoms with Crippen molar-refractivity contribution in [1.29, 1.82) is 0 Å². The van der Waals surface area contributed by atoms with Gasteiger partial charge in [-0.2, -0.15) is 0 Å². The van der Waals surface area contributed by atoms with Crippen LogP contribution in [-0.2, 0) is 6.54 Å². The molecule has 8 nitrogen and oxygen atoms in total. The molecule has 9 heteroatoms. The molecule has 3 aromatic heterocycles. The van der Waals surface area contributed by atoms with Gasteiger partial charge in [-0.25, -0.2) is 15.0 Å². The maximum Gasteiger partial charge on any atom is 0.175 e. The normalized spacial score (nSPS) is 13.2. The third-order valence-corrected chi connectivity index (χ3v) is 6.43. The lowest BCUT2D eigenvalue weighted by molar-refractivity contribution is 0.171. The van der Waals surface area contributed by atoms with Gasteiger partial charge in [0.15, 0.2) is 22.3 Å². The molecule has 0 amide bonds. The second-order valence-electron chi connectivity index (χ2n) is 8.35. The molecule has 0 radical (unpaired) electrons. The highest BCUT2D eigenvalue weighted by molar-refractivity contribution is 7.99. The van der Waals surface area contributed by atoms with Crippen LogP contribution in [0.1, 0.15) is 19.5 Å². The van der Waals surface area contributed by atoms with E-state index in [9.17, 15) is 0 Å². The van der Waals surface area contributed by atoms with Crippen molar-refractivity contribution in [3.05, 3.63) is 42.5 Å². The summed E-state index contributed by atoms with van der Waals surface area (Å²) in [5, 5.41) is 4.37. The second-order valence-corrected chi connectivity index (χ2v) is 9.36. The molecule has 4 aromatic rings. The first kappa shape index (κ1) is 21.8. The third-order valence-electron chi connectivity index (χ3n) is 5.38. The number of hydrogen-bond donors (Lipinski definition) is 1. The van der Waals surface area contributed by atoms with E-state index < -0.39 is 0 Å². The topological polar surface area (TPSA) is 87.2 Å². The molecule has 5 rings (SSSR count). The average molecular weight is 466 g/mol. The van der Waals surface area contributed by atoms with E-state index in [1.807, 2.05) is 31.2 Å². The molecule has 0 fully saturated rings. The van der Waals surface area contributed by atoms with Gasteiger partial charge in [0.1, 0.15) is 30.8 Å².